The highest BCUT2D eigenvalue weighted by Gasteiger charge is 1.97. The molecular weight excluding hydrogens is 154 g/mol. The summed E-state index contributed by atoms with van der Waals surface area (Å²) in [5.41, 5.74) is 0. The molecule has 0 aliphatic carbocycles. The fourth-order valence-electron chi connectivity index (χ4n) is 1.07. The van der Waals surface area contributed by atoms with E-state index in [2.05, 4.69) is 12.2 Å². The summed E-state index contributed by atoms with van der Waals surface area (Å²) in [6.07, 6.45) is 6.29. The van der Waals surface area contributed by atoms with Gasteiger partial charge in [-0.15, -0.1) is 0 Å². The number of nitrogens with one attached hydrogen (secondary N) is 1. The van der Waals surface area contributed by atoms with Gasteiger partial charge < -0.3 is 10.4 Å². The first kappa shape index (κ1) is 11.4. The zero-order chi connectivity index (χ0) is 9.23. The number of hydrogen-bond acceptors (Lipinski definition) is 2. The molecule has 0 aromatic carbocycles. The van der Waals surface area contributed by atoms with Crippen LogP contribution in [-0.4, -0.2) is 17.7 Å². The SMILES string of the molecule is CCCCCCCC(=O)NCO. The van der Waals surface area contributed by atoms with Gasteiger partial charge in [0, 0.05) is 6.42 Å². The second-order valence-corrected chi connectivity index (χ2v) is 2.92. The van der Waals surface area contributed by atoms with Gasteiger partial charge in [-0.25, -0.2) is 0 Å². The average molecular weight is 173 g/mol. The van der Waals surface area contributed by atoms with Crippen LogP contribution in [0.4, 0.5) is 0 Å². The normalized spacial score (nSPS) is 9.83. The van der Waals surface area contributed by atoms with Gasteiger partial charge in [-0.1, -0.05) is 32.6 Å². The summed E-state index contributed by atoms with van der Waals surface area (Å²) >= 11 is 0. The Hall–Kier alpha value is -0.570. The molecule has 3 nitrogen and oxygen atoms in total. The summed E-state index contributed by atoms with van der Waals surface area (Å²) in [6, 6.07) is 0. The number of carbonyl (C=O) groups excluding carboxylic acids is 1. The molecule has 0 spiro atoms. The van der Waals surface area contributed by atoms with Gasteiger partial charge >= 0.3 is 0 Å². The highest BCUT2D eigenvalue weighted by atomic mass is 16.3. The maximum absolute atomic E-state index is 10.8. The van der Waals surface area contributed by atoms with Crippen molar-refractivity contribution in [1.82, 2.24) is 5.32 Å². The van der Waals surface area contributed by atoms with Crippen molar-refractivity contribution in [3.8, 4) is 0 Å². The summed E-state index contributed by atoms with van der Waals surface area (Å²) in [5, 5.41) is 10.7. The molecule has 0 unspecified atom stereocenters. The van der Waals surface area contributed by atoms with E-state index in [1.165, 1.54) is 19.3 Å². The van der Waals surface area contributed by atoms with Gasteiger partial charge in [0.05, 0.1) is 0 Å². The second kappa shape index (κ2) is 8.53. The maximum atomic E-state index is 10.8. The molecule has 0 heterocycles. The molecule has 12 heavy (non-hydrogen) atoms. The monoisotopic (exact) mass is 173 g/mol. The van der Waals surface area contributed by atoms with Crippen molar-refractivity contribution >= 4 is 5.91 Å². The maximum Gasteiger partial charge on any atom is 0.221 e. The zero-order valence-corrected chi connectivity index (χ0v) is 7.81. The van der Waals surface area contributed by atoms with E-state index in [0.717, 1.165) is 12.8 Å². The van der Waals surface area contributed by atoms with Crippen LogP contribution >= 0.6 is 0 Å². The summed E-state index contributed by atoms with van der Waals surface area (Å²) in [5.74, 6) is -0.0472. The first-order valence-electron chi connectivity index (χ1n) is 4.68. The molecular formula is C9H19NO2. The van der Waals surface area contributed by atoms with Crippen molar-refractivity contribution in [3.05, 3.63) is 0 Å². The lowest BCUT2D eigenvalue weighted by atomic mass is 10.1. The van der Waals surface area contributed by atoms with Gasteiger partial charge in [-0.3, -0.25) is 4.79 Å². The van der Waals surface area contributed by atoms with Crippen LogP contribution in [0.1, 0.15) is 45.4 Å². The smallest absolute Gasteiger partial charge is 0.221 e. The Bertz CT molecular complexity index is 115. The van der Waals surface area contributed by atoms with Crippen molar-refractivity contribution in [2.24, 2.45) is 0 Å². The van der Waals surface area contributed by atoms with E-state index in [9.17, 15) is 4.79 Å². The molecule has 0 saturated heterocycles. The van der Waals surface area contributed by atoms with Gasteiger partial charge in [0.15, 0.2) is 0 Å². The second-order valence-electron chi connectivity index (χ2n) is 2.92. The number of rotatable bonds is 7. The van der Waals surface area contributed by atoms with E-state index in [1.807, 2.05) is 0 Å². The van der Waals surface area contributed by atoms with Crippen molar-refractivity contribution in [2.75, 3.05) is 6.73 Å². The predicted octanol–water partition coefficient (Wildman–Crippen LogP) is 1.41. The Morgan fingerprint density at radius 3 is 2.50 bits per heavy atom. The Balaban J connectivity index is 3.03. The van der Waals surface area contributed by atoms with Crippen LogP contribution < -0.4 is 5.32 Å². The van der Waals surface area contributed by atoms with Crippen molar-refractivity contribution < 1.29 is 9.90 Å². The van der Waals surface area contributed by atoms with Gasteiger partial charge in [-0.2, -0.15) is 0 Å². The van der Waals surface area contributed by atoms with E-state index in [1.54, 1.807) is 0 Å². The molecule has 1 amide bonds. The number of aliphatic hydroxyl groups is 1. The topological polar surface area (TPSA) is 49.3 Å². The average Bonchev–Trinajstić information content (AvgIpc) is 2.05. The van der Waals surface area contributed by atoms with E-state index in [0.29, 0.717) is 6.42 Å². The third-order valence-corrected chi connectivity index (χ3v) is 1.78. The highest BCUT2D eigenvalue weighted by molar-refractivity contribution is 5.75. The van der Waals surface area contributed by atoms with E-state index < -0.39 is 0 Å². The quantitative estimate of drug-likeness (QED) is 0.452. The van der Waals surface area contributed by atoms with Gasteiger partial charge in [0.1, 0.15) is 6.73 Å². The molecule has 0 aromatic rings. The van der Waals surface area contributed by atoms with Crippen LogP contribution in [0.2, 0.25) is 0 Å². The summed E-state index contributed by atoms with van der Waals surface area (Å²) in [4.78, 5) is 10.8. The summed E-state index contributed by atoms with van der Waals surface area (Å²) in [6.45, 7) is 1.92. The summed E-state index contributed by atoms with van der Waals surface area (Å²) in [7, 11) is 0. The fraction of sp³-hybridized carbons (Fsp3) is 0.889. The molecule has 0 bridgehead atoms. The van der Waals surface area contributed by atoms with Crippen molar-refractivity contribution in [2.45, 2.75) is 45.4 Å². The van der Waals surface area contributed by atoms with E-state index >= 15 is 0 Å². The number of aliphatic hydroxyl groups excluding tert-OH is 1. The highest BCUT2D eigenvalue weighted by Crippen LogP contribution is 2.04. The largest absolute Gasteiger partial charge is 0.377 e. The molecule has 0 rings (SSSR count). The van der Waals surface area contributed by atoms with Crippen molar-refractivity contribution in [3.63, 3.8) is 0 Å². The molecule has 0 saturated carbocycles. The summed E-state index contributed by atoms with van der Waals surface area (Å²) < 4.78 is 0. The lowest BCUT2D eigenvalue weighted by Gasteiger charge is -2.00. The molecule has 72 valence electrons. The van der Waals surface area contributed by atoms with Crippen LogP contribution in [0.15, 0.2) is 0 Å². The van der Waals surface area contributed by atoms with Crippen LogP contribution in [0.3, 0.4) is 0 Å². The van der Waals surface area contributed by atoms with E-state index in [-0.39, 0.29) is 12.6 Å². The van der Waals surface area contributed by atoms with Gasteiger partial charge in [0.2, 0.25) is 5.91 Å². The molecule has 0 fully saturated rings. The molecule has 0 aliphatic heterocycles. The number of unbranched alkanes of at least 4 members (excludes halogenated alkanes) is 4. The number of hydrogen-bond donors (Lipinski definition) is 2. The molecule has 0 atom stereocenters. The van der Waals surface area contributed by atoms with Crippen molar-refractivity contribution in [1.29, 1.82) is 0 Å². The lowest BCUT2D eigenvalue weighted by Crippen LogP contribution is -2.23. The third kappa shape index (κ3) is 7.54. The minimum absolute atomic E-state index is 0.0472. The fourth-order valence-corrected chi connectivity index (χ4v) is 1.07. The number of amides is 1. The zero-order valence-electron chi connectivity index (χ0n) is 7.81. The predicted molar refractivity (Wildman–Crippen MR) is 48.6 cm³/mol. The van der Waals surface area contributed by atoms with Crippen LogP contribution in [0.25, 0.3) is 0 Å². The molecule has 0 aliphatic rings. The minimum atomic E-state index is -0.242. The first-order valence-corrected chi connectivity index (χ1v) is 4.68. The van der Waals surface area contributed by atoms with Crippen LogP contribution in [0, 0.1) is 0 Å². The van der Waals surface area contributed by atoms with Crippen LogP contribution in [-0.2, 0) is 4.79 Å². The minimum Gasteiger partial charge on any atom is -0.377 e. The third-order valence-electron chi connectivity index (χ3n) is 1.78. The number of carbonyl (C=O) groups is 1. The molecule has 2 N–H and O–H groups in total. The van der Waals surface area contributed by atoms with Gasteiger partial charge in [0.25, 0.3) is 0 Å². The Labute approximate surface area is 74.2 Å². The Morgan fingerprint density at radius 2 is 1.92 bits per heavy atom. The Kier molecular flexibility index (Phi) is 8.12. The standard InChI is InChI=1S/C9H19NO2/c1-2-3-4-5-6-7-9(12)10-8-11/h11H,2-8H2,1H3,(H,10,12). The molecule has 0 aromatic heterocycles. The first-order chi connectivity index (χ1) is 5.81. The Morgan fingerprint density at radius 1 is 1.25 bits per heavy atom. The lowest BCUT2D eigenvalue weighted by molar-refractivity contribution is -0.122. The molecule has 3 heteroatoms. The van der Waals surface area contributed by atoms with Crippen LogP contribution in [0.5, 0.6) is 0 Å². The molecule has 0 radical (unpaired) electrons. The van der Waals surface area contributed by atoms with E-state index in [4.69, 9.17) is 5.11 Å². The van der Waals surface area contributed by atoms with Gasteiger partial charge in [-0.05, 0) is 6.42 Å².